The molecule has 0 radical (unpaired) electrons. The van der Waals surface area contributed by atoms with Gasteiger partial charge in [-0.1, -0.05) is 13.3 Å². The van der Waals surface area contributed by atoms with Crippen LogP contribution in [0.1, 0.15) is 19.8 Å². The second-order valence-electron chi connectivity index (χ2n) is 3.08. The summed E-state index contributed by atoms with van der Waals surface area (Å²) >= 11 is 1.82. The van der Waals surface area contributed by atoms with Gasteiger partial charge in [0.2, 0.25) is 0 Å². The first-order chi connectivity index (χ1) is 6.31. The summed E-state index contributed by atoms with van der Waals surface area (Å²) in [5.74, 6) is 1.99. The number of aliphatic hydroxyl groups is 1. The van der Waals surface area contributed by atoms with Crippen molar-refractivity contribution < 1.29 is 5.11 Å². The molecule has 4 heteroatoms. The number of nitrogens with two attached hydrogens (primary N) is 1. The number of hydrogen-bond acceptors (Lipinski definition) is 4. The lowest BCUT2D eigenvalue weighted by atomic mass is 10.4. The van der Waals surface area contributed by atoms with Crippen molar-refractivity contribution in [3.63, 3.8) is 0 Å². The topological polar surface area (TPSA) is 58.3 Å². The second kappa shape index (κ2) is 10.3. The molecule has 0 amide bonds. The van der Waals surface area contributed by atoms with E-state index in [1.807, 2.05) is 11.8 Å². The molecular weight excluding hydrogens is 184 g/mol. The molecule has 3 nitrogen and oxygen atoms in total. The van der Waals surface area contributed by atoms with Gasteiger partial charge < -0.3 is 16.2 Å². The molecule has 0 saturated carbocycles. The van der Waals surface area contributed by atoms with Gasteiger partial charge in [-0.25, -0.2) is 0 Å². The van der Waals surface area contributed by atoms with E-state index in [-0.39, 0.29) is 6.10 Å². The van der Waals surface area contributed by atoms with Crippen molar-refractivity contribution in [2.75, 3.05) is 31.1 Å². The van der Waals surface area contributed by atoms with E-state index in [2.05, 4.69) is 12.2 Å². The van der Waals surface area contributed by atoms with Crippen LogP contribution in [0.3, 0.4) is 0 Å². The SMILES string of the molecule is CCCCSCC(O)CNCCN. The van der Waals surface area contributed by atoms with E-state index in [1.165, 1.54) is 12.8 Å². The van der Waals surface area contributed by atoms with Crippen LogP contribution in [0.4, 0.5) is 0 Å². The maximum atomic E-state index is 9.45. The van der Waals surface area contributed by atoms with Crippen molar-refractivity contribution in [2.24, 2.45) is 5.73 Å². The Balaban J connectivity index is 3.05. The minimum atomic E-state index is -0.228. The molecule has 0 bridgehead atoms. The van der Waals surface area contributed by atoms with Crippen LogP contribution >= 0.6 is 11.8 Å². The Bertz CT molecular complexity index is 104. The fourth-order valence-electron chi connectivity index (χ4n) is 0.895. The molecule has 0 rings (SSSR count). The lowest BCUT2D eigenvalue weighted by Crippen LogP contribution is -2.32. The van der Waals surface area contributed by atoms with Gasteiger partial charge in [-0.3, -0.25) is 0 Å². The van der Waals surface area contributed by atoms with Crippen LogP contribution in [0.2, 0.25) is 0 Å². The van der Waals surface area contributed by atoms with Crippen LogP contribution in [-0.4, -0.2) is 42.4 Å². The summed E-state index contributed by atoms with van der Waals surface area (Å²) in [7, 11) is 0. The Morgan fingerprint density at radius 3 is 2.92 bits per heavy atom. The first-order valence-corrected chi connectivity index (χ1v) is 6.13. The van der Waals surface area contributed by atoms with E-state index in [1.54, 1.807) is 0 Å². The average molecular weight is 206 g/mol. The van der Waals surface area contributed by atoms with Crippen LogP contribution in [0, 0.1) is 0 Å². The van der Waals surface area contributed by atoms with E-state index in [0.29, 0.717) is 13.1 Å². The normalized spacial score (nSPS) is 13.2. The number of thioether (sulfide) groups is 1. The maximum absolute atomic E-state index is 9.45. The number of unbranched alkanes of at least 4 members (excludes halogenated alkanes) is 1. The van der Waals surface area contributed by atoms with Gasteiger partial charge in [0.05, 0.1) is 6.10 Å². The van der Waals surface area contributed by atoms with Crippen molar-refractivity contribution >= 4 is 11.8 Å². The smallest absolute Gasteiger partial charge is 0.0754 e. The molecule has 0 aliphatic carbocycles. The highest BCUT2D eigenvalue weighted by molar-refractivity contribution is 7.99. The van der Waals surface area contributed by atoms with Crippen molar-refractivity contribution in [1.29, 1.82) is 0 Å². The summed E-state index contributed by atoms with van der Waals surface area (Å²) in [4.78, 5) is 0. The summed E-state index contributed by atoms with van der Waals surface area (Å²) in [5, 5.41) is 12.5. The van der Waals surface area contributed by atoms with Crippen molar-refractivity contribution in [3.05, 3.63) is 0 Å². The van der Waals surface area contributed by atoms with Gasteiger partial charge in [-0.15, -0.1) is 0 Å². The zero-order valence-electron chi connectivity index (χ0n) is 8.46. The van der Waals surface area contributed by atoms with Gasteiger partial charge in [0.15, 0.2) is 0 Å². The van der Waals surface area contributed by atoms with Crippen LogP contribution in [0.5, 0.6) is 0 Å². The van der Waals surface area contributed by atoms with Crippen molar-refractivity contribution in [2.45, 2.75) is 25.9 Å². The maximum Gasteiger partial charge on any atom is 0.0754 e. The molecule has 0 fully saturated rings. The van der Waals surface area contributed by atoms with Gasteiger partial charge in [0, 0.05) is 25.4 Å². The van der Waals surface area contributed by atoms with E-state index in [0.717, 1.165) is 18.1 Å². The molecule has 4 N–H and O–H groups in total. The van der Waals surface area contributed by atoms with Crippen LogP contribution in [0.25, 0.3) is 0 Å². The van der Waals surface area contributed by atoms with Gasteiger partial charge in [0.25, 0.3) is 0 Å². The molecule has 0 saturated heterocycles. The summed E-state index contributed by atoms with van der Waals surface area (Å²) < 4.78 is 0. The second-order valence-corrected chi connectivity index (χ2v) is 4.22. The van der Waals surface area contributed by atoms with E-state index in [4.69, 9.17) is 5.73 Å². The Morgan fingerprint density at radius 1 is 1.54 bits per heavy atom. The standard InChI is InChI=1S/C9H22N2OS/c1-2-3-6-13-8-9(12)7-11-5-4-10/h9,11-12H,2-8,10H2,1H3. The third-order valence-electron chi connectivity index (χ3n) is 1.65. The van der Waals surface area contributed by atoms with Crippen LogP contribution < -0.4 is 11.1 Å². The summed E-state index contributed by atoms with van der Waals surface area (Å²) in [6.45, 7) is 4.27. The molecule has 0 aromatic rings. The fourth-order valence-corrected chi connectivity index (χ4v) is 1.94. The quantitative estimate of drug-likeness (QED) is 0.479. The molecule has 0 aromatic heterocycles. The number of nitrogens with one attached hydrogen (secondary N) is 1. The number of aliphatic hydroxyl groups excluding tert-OH is 1. The predicted molar refractivity (Wildman–Crippen MR) is 60.2 cm³/mol. The van der Waals surface area contributed by atoms with Crippen molar-refractivity contribution in [3.8, 4) is 0 Å². The molecule has 0 aromatic carbocycles. The van der Waals surface area contributed by atoms with Gasteiger partial charge in [-0.05, 0) is 12.2 Å². The van der Waals surface area contributed by atoms with E-state index in [9.17, 15) is 5.11 Å². The zero-order valence-corrected chi connectivity index (χ0v) is 9.28. The Morgan fingerprint density at radius 2 is 2.31 bits per heavy atom. The van der Waals surface area contributed by atoms with E-state index >= 15 is 0 Å². The molecular formula is C9H22N2OS. The highest BCUT2D eigenvalue weighted by Gasteiger charge is 2.02. The lowest BCUT2D eigenvalue weighted by Gasteiger charge is -2.10. The van der Waals surface area contributed by atoms with Crippen LogP contribution in [-0.2, 0) is 0 Å². The molecule has 0 aliphatic rings. The van der Waals surface area contributed by atoms with Gasteiger partial charge in [0.1, 0.15) is 0 Å². The highest BCUT2D eigenvalue weighted by Crippen LogP contribution is 2.05. The lowest BCUT2D eigenvalue weighted by molar-refractivity contribution is 0.196. The zero-order chi connectivity index (χ0) is 9.94. The first kappa shape index (κ1) is 13.2. The van der Waals surface area contributed by atoms with Gasteiger partial charge >= 0.3 is 0 Å². The fraction of sp³-hybridized carbons (Fsp3) is 1.00. The molecule has 0 aliphatic heterocycles. The summed E-state index contributed by atoms with van der Waals surface area (Å²) in [6.07, 6.45) is 2.25. The van der Waals surface area contributed by atoms with Gasteiger partial charge in [-0.2, -0.15) is 11.8 Å². The third-order valence-corrected chi connectivity index (χ3v) is 2.85. The molecule has 1 unspecified atom stereocenters. The number of hydrogen-bond donors (Lipinski definition) is 3. The molecule has 1 atom stereocenters. The summed E-state index contributed by atoms with van der Waals surface area (Å²) in [6, 6.07) is 0. The first-order valence-electron chi connectivity index (χ1n) is 4.97. The van der Waals surface area contributed by atoms with Crippen LogP contribution in [0.15, 0.2) is 0 Å². The number of rotatable bonds is 9. The largest absolute Gasteiger partial charge is 0.391 e. The molecule has 13 heavy (non-hydrogen) atoms. The predicted octanol–water partition coefficient (Wildman–Crippen LogP) is 0.429. The minimum Gasteiger partial charge on any atom is -0.391 e. The third kappa shape index (κ3) is 10.1. The van der Waals surface area contributed by atoms with E-state index < -0.39 is 0 Å². The summed E-state index contributed by atoms with van der Waals surface area (Å²) in [5.41, 5.74) is 5.31. The average Bonchev–Trinajstić information content (AvgIpc) is 2.13. The Kier molecular flexibility index (Phi) is 10.5. The molecule has 80 valence electrons. The Labute approximate surface area is 85.5 Å². The highest BCUT2D eigenvalue weighted by atomic mass is 32.2. The monoisotopic (exact) mass is 206 g/mol. The Hall–Kier alpha value is 0.230. The minimum absolute atomic E-state index is 0.228. The molecule has 0 spiro atoms. The molecule has 0 heterocycles. The van der Waals surface area contributed by atoms with Crippen molar-refractivity contribution in [1.82, 2.24) is 5.32 Å².